The molecule has 0 unspecified atom stereocenters. The monoisotopic (exact) mass is 273 g/mol. The number of aliphatic hydroxyl groups is 1. The Bertz CT molecular complexity index is 640. The molecule has 0 atom stereocenters. The molecule has 1 aromatic heterocycles. The van der Waals surface area contributed by atoms with E-state index < -0.39 is 0 Å². The van der Waals surface area contributed by atoms with Gasteiger partial charge in [0.05, 0.1) is 19.3 Å². The van der Waals surface area contributed by atoms with Crippen molar-refractivity contribution in [2.24, 2.45) is 5.41 Å². The van der Waals surface area contributed by atoms with Crippen molar-refractivity contribution >= 4 is 16.9 Å². The molecular formula is C16H19NO3. The van der Waals surface area contributed by atoms with Crippen LogP contribution in [-0.4, -0.2) is 24.2 Å². The molecule has 1 saturated carbocycles. The summed E-state index contributed by atoms with van der Waals surface area (Å²) >= 11 is 0. The van der Waals surface area contributed by atoms with Crippen molar-refractivity contribution in [1.82, 2.24) is 5.32 Å². The normalized spacial score (nSPS) is 16.3. The lowest BCUT2D eigenvalue weighted by atomic mass is 10.1. The predicted molar refractivity (Wildman–Crippen MR) is 76.4 cm³/mol. The van der Waals surface area contributed by atoms with Crippen LogP contribution in [0.4, 0.5) is 0 Å². The molecule has 0 radical (unpaired) electrons. The first kappa shape index (κ1) is 13.2. The number of furan rings is 1. The molecule has 2 N–H and O–H groups in total. The second-order valence-corrected chi connectivity index (χ2v) is 5.87. The zero-order valence-corrected chi connectivity index (χ0v) is 11.6. The van der Waals surface area contributed by atoms with Crippen LogP contribution in [0, 0.1) is 12.3 Å². The average Bonchev–Trinajstić information content (AvgIpc) is 3.13. The number of carbonyl (C=O) groups is 1. The predicted octanol–water partition coefficient (Wildman–Crippen LogP) is 2.17. The van der Waals surface area contributed by atoms with Crippen LogP contribution in [0.2, 0.25) is 0 Å². The summed E-state index contributed by atoms with van der Waals surface area (Å²) in [5, 5.41) is 13.1. The molecule has 0 saturated heterocycles. The van der Waals surface area contributed by atoms with Crippen LogP contribution in [-0.2, 0) is 11.2 Å². The van der Waals surface area contributed by atoms with Gasteiger partial charge in [0.2, 0.25) is 5.91 Å². The van der Waals surface area contributed by atoms with E-state index in [4.69, 9.17) is 4.42 Å². The van der Waals surface area contributed by atoms with Crippen molar-refractivity contribution in [2.75, 3.05) is 13.2 Å². The lowest BCUT2D eigenvalue weighted by Crippen LogP contribution is -2.32. The first-order chi connectivity index (χ1) is 9.62. The van der Waals surface area contributed by atoms with Crippen LogP contribution in [0.15, 0.2) is 28.9 Å². The number of aryl methyl sites for hydroxylation is 1. The summed E-state index contributed by atoms with van der Waals surface area (Å²) < 4.78 is 5.49. The molecule has 1 aliphatic carbocycles. The van der Waals surface area contributed by atoms with Crippen LogP contribution in [0.3, 0.4) is 0 Å². The number of amides is 1. The van der Waals surface area contributed by atoms with Crippen LogP contribution < -0.4 is 5.32 Å². The molecule has 2 aromatic rings. The van der Waals surface area contributed by atoms with Gasteiger partial charge in [-0.15, -0.1) is 0 Å². The number of benzene rings is 1. The summed E-state index contributed by atoms with van der Waals surface area (Å²) in [4.78, 5) is 12.0. The number of carbonyl (C=O) groups excluding carboxylic acids is 1. The van der Waals surface area contributed by atoms with E-state index in [1.54, 1.807) is 6.26 Å². The summed E-state index contributed by atoms with van der Waals surface area (Å²) in [7, 11) is 0. The Balaban J connectivity index is 1.65. The van der Waals surface area contributed by atoms with Crippen molar-refractivity contribution in [3.05, 3.63) is 35.6 Å². The summed E-state index contributed by atoms with van der Waals surface area (Å²) in [6.45, 7) is 2.73. The zero-order valence-electron chi connectivity index (χ0n) is 11.6. The van der Waals surface area contributed by atoms with E-state index in [2.05, 4.69) is 5.32 Å². The van der Waals surface area contributed by atoms with Gasteiger partial charge in [-0.25, -0.2) is 0 Å². The molecule has 106 valence electrons. The summed E-state index contributed by atoms with van der Waals surface area (Å²) in [6, 6.07) is 5.98. The summed E-state index contributed by atoms with van der Waals surface area (Å²) in [5.41, 5.74) is 2.82. The molecule has 1 aliphatic rings. The fourth-order valence-corrected chi connectivity index (χ4v) is 2.42. The number of aliphatic hydroxyl groups excluding tert-OH is 1. The highest BCUT2D eigenvalue weighted by molar-refractivity contribution is 5.87. The van der Waals surface area contributed by atoms with E-state index in [0.717, 1.165) is 34.9 Å². The largest absolute Gasteiger partial charge is 0.464 e. The Labute approximate surface area is 117 Å². The molecule has 1 fully saturated rings. The Morgan fingerprint density at radius 2 is 2.25 bits per heavy atom. The third-order valence-corrected chi connectivity index (χ3v) is 4.12. The first-order valence-corrected chi connectivity index (χ1v) is 6.96. The van der Waals surface area contributed by atoms with Gasteiger partial charge in [0, 0.05) is 22.9 Å². The maximum Gasteiger partial charge on any atom is 0.224 e. The molecule has 1 heterocycles. The van der Waals surface area contributed by atoms with Gasteiger partial charge in [-0.1, -0.05) is 12.1 Å². The Morgan fingerprint density at radius 1 is 1.45 bits per heavy atom. The molecule has 4 nitrogen and oxygen atoms in total. The summed E-state index contributed by atoms with van der Waals surface area (Å²) in [6.07, 6.45) is 3.97. The molecule has 1 amide bonds. The molecular weight excluding hydrogens is 254 g/mol. The van der Waals surface area contributed by atoms with Gasteiger partial charge < -0.3 is 14.8 Å². The maximum absolute atomic E-state index is 12.0. The maximum atomic E-state index is 12.0. The van der Waals surface area contributed by atoms with Crippen LogP contribution in [0.25, 0.3) is 11.0 Å². The van der Waals surface area contributed by atoms with Gasteiger partial charge in [-0.3, -0.25) is 4.79 Å². The minimum atomic E-state index is -0.0504. The van der Waals surface area contributed by atoms with E-state index in [0.29, 0.717) is 13.0 Å². The highest BCUT2D eigenvalue weighted by atomic mass is 16.3. The molecule has 0 spiro atoms. The standard InChI is InChI=1S/C16H19NO3/c1-11-2-3-13-12(8-20-14(13)6-11)7-15(19)17-9-16(10-18)4-5-16/h2-3,6,8,18H,4-5,7,9-10H2,1H3,(H,17,19). The quantitative estimate of drug-likeness (QED) is 0.877. The molecule has 0 bridgehead atoms. The van der Waals surface area contributed by atoms with Crippen molar-refractivity contribution in [3.63, 3.8) is 0 Å². The van der Waals surface area contributed by atoms with Crippen molar-refractivity contribution in [1.29, 1.82) is 0 Å². The highest BCUT2D eigenvalue weighted by Crippen LogP contribution is 2.44. The van der Waals surface area contributed by atoms with E-state index in [9.17, 15) is 9.90 Å². The zero-order chi connectivity index (χ0) is 14.2. The molecule has 1 aromatic carbocycles. The van der Waals surface area contributed by atoms with Crippen molar-refractivity contribution in [3.8, 4) is 0 Å². The van der Waals surface area contributed by atoms with Crippen molar-refractivity contribution in [2.45, 2.75) is 26.2 Å². The van der Waals surface area contributed by atoms with E-state index >= 15 is 0 Å². The van der Waals surface area contributed by atoms with Gasteiger partial charge in [0.1, 0.15) is 5.58 Å². The number of hydrogen-bond donors (Lipinski definition) is 2. The van der Waals surface area contributed by atoms with Gasteiger partial charge in [-0.05, 0) is 31.4 Å². The summed E-state index contributed by atoms with van der Waals surface area (Å²) in [5.74, 6) is -0.0204. The van der Waals surface area contributed by atoms with Gasteiger partial charge in [0.15, 0.2) is 0 Å². The molecule has 0 aliphatic heterocycles. The number of nitrogens with one attached hydrogen (secondary N) is 1. The Kier molecular flexibility index (Phi) is 3.26. The topological polar surface area (TPSA) is 62.5 Å². The smallest absolute Gasteiger partial charge is 0.224 e. The highest BCUT2D eigenvalue weighted by Gasteiger charge is 2.42. The minimum Gasteiger partial charge on any atom is -0.464 e. The first-order valence-electron chi connectivity index (χ1n) is 6.96. The van der Waals surface area contributed by atoms with Gasteiger partial charge >= 0.3 is 0 Å². The number of hydrogen-bond acceptors (Lipinski definition) is 3. The van der Waals surface area contributed by atoms with Crippen LogP contribution >= 0.6 is 0 Å². The Hall–Kier alpha value is -1.81. The lowest BCUT2D eigenvalue weighted by Gasteiger charge is -2.12. The second kappa shape index (κ2) is 4.94. The SMILES string of the molecule is Cc1ccc2c(CC(=O)NCC3(CO)CC3)coc2c1. The third-order valence-electron chi connectivity index (χ3n) is 4.12. The minimum absolute atomic E-state index is 0.0204. The van der Waals surface area contributed by atoms with E-state index in [1.165, 1.54) is 0 Å². The van der Waals surface area contributed by atoms with E-state index in [-0.39, 0.29) is 17.9 Å². The fourth-order valence-electron chi connectivity index (χ4n) is 2.42. The van der Waals surface area contributed by atoms with Crippen LogP contribution in [0.1, 0.15) is 24.0 Å². The van der Waals surface area contributed by atoms with Crippen molar-refractivity contribution < 1.29 is 14.3 Å². The number of fused-ring (bicyclic) bond motifs is 1. The molecule has 4 heteroatoms. The molecule has 20 heavy (non-hydrogen) atoms. The molecule has 3 rings (SSSR count). The Morgan fingerprint density at radius 3 is 2.95 bits per heavy atom. The number of rotatable bonds is 5. The lowest BCUT2D eigenvalue weighted by molar-refractivity contribution is -0.120. The van der Waals surface area contributed by atoms with Gasteiger partial charge in [0.25, 0.3) is 0 Å². The van der Waals surface area contributed by atoms with E-state index in [1.807, 2.05) is 25.1 Å². The van der Waals surface area contributed by atoms with Gasteiger partial charge in [-0.2, -0.15) is 0 Å². The van der Waals surface area contributed by atoms with Crippen LogP contribution in [0.5, 0.6) is 0 Å². The fraction of sp³-hybridized carbons (Fsp3) is 0.438. The second-order valence-electron chi connectivity index (χ2n) is 5.87. The third kappa shape index (κ3) is 2.56. The average molecular weight is 273 g/mol.